The number of aliphatic carboxylic acids is 1. The Kier molecular flexibility index (Phi) is 5.87. The van der Waals surface area contributed by atoms with E-state index < -0.39 is 24.5 Å². The van der Waals surface area contributed by atoms with Gasteiger partial charge in [0.15, 0.2) is 0 Å². The molecule has 0 aliphatic rings. The number of ether oxygens (including phenoxy) is 1. The molecule has 5 nitrogen and oxygen atoms in total. The first-order valence-electron chi connectivity index (χ1n) is 5.94. The van der Waals surface area contributed by atoms with Gasteiger partial charge in [0.2, 0.25) is 0 Å². The summed E-state index contributed by atoms with van der Waals surface area (Å²) in [5.74, 6) is -2.12. The Hall–Kier alpha value is -1.70. The van der Waals surface area contributed by atoms with Crippen molar-refractivity contribution in [3.63, 3.8) is 0 Å². The minimum atomic E-state index is -3.04. The molecule has 0 aliphatic carbocycles. The zero-order chi connectivity index (χ0) is 15.3. The summed E-state index contributed by atoms with van der Waals surface area (Å²) in [6, 6.07) is 0.274. The third-order valence-electron chi connectivity index (χ3n) is 2.42. The lowest BCUT2D eigenvalue weighted by Crippen LogP contribution is -2.40. The van der Waals surface area contributed by atoms with Crippen LogP contribution in [-0.2, 0) is 4.79 Å². The van der Waals surface area contributed by atoms with E-state index in [4.69, 9.17) is 5.11 Å². The predicted octanol–water partition coefficient (Wildman–Crippen LogP) is 2.64. The molecule has 1 heterocycles. The third-order valence-corrected chi connectivity index (χ3v) is 3.45. The van der Waals surface area contributed by atoms with Gasteiger partial charge >= 0.3 is 12.6 Å². The SMILES string of the molecule is CCCC(NC(=O)c1sc(C)cc1OC(F)F)C(=O)O. The van der Waals surface area contributed by atoms with E-state index in [1.807, 2.05) is 0 Å². The smallest absolute Gasteiger partial charge is 0.387 e. The standard InChI is InChI=1S/C12H15F2NO4S/c1-3-4-7(11(17)18)15-10(16)9-8(19-12(13)14)5-6(2)20-9/h5,7,12H,3-4H2,1-2H3,(H,15,16)(H,17,18). The molecule has 0 spiro atoms. The Morgan fingerprint density at radius 1 is 1.50 bits per heavy atom. The molecule has 0 aliphatic heterocycles. The maximum Gasteiger partial charge on any atom is 0.387 e. The van der Waals surface area contributed by atoms with Crippen LogP contribution in [0.4, 0.5) is 8.78 Å². The lowest BCUT2D eigenvalue weighted by molar-refractivity contribution is -0.139. The van der Waals surface area contributed by atoms with Gasteiger partial charge in [-0.1, -0.05) is 13.3 Å². The van der Waals surface area contributed by atoms with Crippen molar-refractivity contribution in [3.05, 3.63) is 15.8 Å². The van der Waals surface area contributed by atoms with Crippen LogP contribution in [-0.4, -0.2) is 29.6 Å². The highest BCUT2D eigenvalue weighted by Crippen LogP contribution is 2.30. The number of thiophene rings is 1. The van der Waals surface area contributed by atoms with Crippen molar-refractivity contribution in [2.75, 3.05) is 0 Å². The van der Waals surface area contributed by atoms with Crippen LogP contribution in [0.3, 0.4) is 0 Å². The Bertz CT molecular complexity index is 490. The fraction of sp³-hybridized carbons (Fsp3) is 0.500. The molecule has 112 valence electrons. The molecule has 0 aromatic carbocycles. The van der Waals surface area contributed by atoms with E-state index in [1.165, 1.54) is 6.07 Å². The van der Waals surface area contributed by atoms with Gasteiger partial charge in [-0.15, -0.1) is 11.3 Å². The van der Waals surface area contributed by atoms with Gasteiger partial charge in [0.1, 0.15) is 16.7 Å². The summed E-state index contributed by atoms with van der Waals surface area (Å²) < 4.78 is 28.7. The van der Waals surface area contributed by atoms with Gasteiger partial charge in [-0.25, -0.2) is 4.79 Å². The van der Waals surface area contributed by atoms with Gasteiger partial charge in [-0.05, 0) is 19.4 Å². The number of hydrogen-bond donors (Lipinski definition) is 2. The molecule has 0 radical (unpaired) electrons. The highest BCUT2D eigenvalue weighted by atomic mass is 32.1. The fourth-order valence-corrected chi connectivity index (χ4v) is 2.45. The molecule has 0 saturated heterocycles. The van der Waals surface area contributed by atoms with Gasteiger partial charge < -0.3 is 15.2 Å². The van der Waals surface area contributed by atoms with E-state index in [0.717, 1.165) is 11.3 Å². The number of amides is 1. The average Bonchev–Trinajstić information content (AvgIpc) is 2.68. The topological polar surface area (TPSA) is 75.6 Å². The van der Waals surface area contributed by atoms with Crippen molar-refractivity contribution >= 4 is 23.2 Å². The number of rotatable bonds is 7. The predicted molar refractivity (Wildman–Crippen MR) is 69.5 cm³/mol. The van der Waals surface area contributed by atoms with Crippen LogP contribution in [0.15, 0.2) is 6.07 Å². The number of nitrogens with one attached hydrogen (secondary N) is 1. The normalized spacial score (nSPS) is 12.2. The Balaban J connectivity index is 2.88. The summed E-state index contributed by atoms with van der Waals surface area (Å²) in [6.45, 7) is 0.380. The zero-order valence-electron chi connectivity index (χ0n) is 11.0. The van der Waals surface area contributed by atoms with Gasteiger partial charge in [-0.3, -0.25) is 4.79 Å². The number of hydrogen-bond acceptors (Lipinski definition) is 4. The summed E-state index contributed by atoms with van der Waals surface area (Å²) in [5, 5.41) is 11.3. The lowest BCUT2D eigenvalue weighted by Gasteiger charge is -2.13. The van der Waals surface area contributed by atoms with Crippen LogP contribution in [0, 0.1) is 6.92 Å². The molecule has 0 bridgehead atoms. The summed E-state index contributed by atoms with van der Waals surface area (Å²) in [5.41, 5.74) is 0. The molecule has 1 aromatic rings. The molecule has 1 amide bonds. The quantitative estimate of drug-likeness (QED) is 0.812. The van der Waals surface area contributed by atoms with Gasteiger partial charge in [-0.2, -0.15) is 8.78 Å². The molecule has 8 heteroatoms. The number of carbonyl (C=O) groups excluding carboxylic acids is 1. The minimum Gasteiger partial charge on any atom is -0.480 e. The highest BCUT2D eigenvalue weighted by molar-refractivity contribution is 7.14. The molecular weight excluding hydrogens is 292 g/mol. The number of carbonyl (C=O) groups is 2. The van der Waals surface area contributed by atoms with Crippen molar-refractivity contribution in [2.24, 2.45) is 0 Å². The second-order valence-corrected chi connectivity index (χ2v) is 5.34. The van der Waals surface area contributed by atoms with Crippen molar-refractivity contribution < 1.29 is 28.2 Å². The van der Waals surface area contributed by atoms with Crippen LogP contribution in [0.5, 0.6) is 5.75 Å². The average molecular weight is 307 g/mol. The van der Waals surface area contributed by atoms with Crippen molar-refractivity contribution in [1.29, 1.82) is 0 Å². The molecule has 1 aromatic heterocycles. The second-order valence-electron chi connectivity index (χ2n) is 4.08. The first kappa shape index (κ1) is 16.4. The highest BCUT2D eigenvalue weighted by Gasteiger charge is 2.24. The molecule has 20 heavy (non-hydrogen) atoms. The number of carboxylic acids is 1. The summed E-state index contributed by atoms with van der Waals surface area (Å²) in [4.78, 5) is 23.5. The van der Waals surface area contributed by atoms with Crippen LogP contribution < -0.4 is 10.1 Å². The number of alkyl halides is 2. The fourth-order valence-electron chi connectivity index (χ4n) is 1.60. The Labute approximate surface area is 118 Å². The van der Waals surface area contributed by atoms with Crippen LogP contribution in [0.25, 0.3) is 0 Å². The summed E-state index contributed by atoms with van der Waals surface area (Å²) in [7, 11) is 0. The van der Waals surface area contributed by atoms with Crippen LogP contribution >= 0.6 is 11.3 Å². The molecular formula is C12H15F2NO4S. The Morgan fingerprint density at radius 3 is 2.65 bits per heavy atom. The molecule has 1 atom stereocenters. The molecule has 0 fully saturated rings. The van der Waals surface area contributed by atoms with Crippen molar-refractivity contribution in [3.8, 4) is 5.75 Å². The second kappa shape index (κ2) is 7.18. The van der Waals surface area contributed by atoms with E-state index in [2.05, 4.69) is 10.1 Å². The van der Waals surface area contributed by atoms with Crippen molar-refractivity contribution in [2.45, 2.75) is 39.3 Å². The third kappa shape index (κ3) is 4.44. The first-order chi connectivity index (χ1) is 9.35. The van der Waals surface area contributed by atoms with Crippen LogP contribution in [0.1, 0.15) is 34.3 Å². The number of aryl methyl sites for hydroxylation is 1. The van der Waals surface area contributed by atoms with Gasteiger partial charge in [0.05, 0.1) is 0 Å². The number of carboxylic acid groups (broad SMARTS) is 1. The molecule has 2 N–H and O–H groups in total. The van der Waals surface area contributed by atoms with Crippen LogP contribution in [0.2, 0.25) is 0 Å². The van der Waals surface area contributed by atoms with E-state index >= 15 is 0 Å². The summed E-state index contributed by atoms with van der Waals surface area (Å²) in [6.07, 6.45) is 0.831. The number of halogens is 2. The van der Waals surface area contributed by atoms with Gasteiger partial charge in [0, 0.05) is 4.88 Å². The maximum atomic E-state index is 12.2. The van der Waals surface area contributed by atoms with E-state index in [-0.39, 0.29) is 17.0 Å². The summed E-state index contributed by atoms with van der Waals surface area (Å²) >= 11 is 0.973. The zero-order valence-corrected chi connectivity index (χ0v) is 11.8. The van der Waals surface area contributed by atoms with Gasteiger partial charge in [0.25, 0.3) is 5.91 Å². The monoisotopic (exact) mass is 307 g/mol. The minimum absolute atomic E-state index is 0.0508. The van der Waals surface area contributed by atoms with E-state index in [9.17, 15) is 18.4 Å². The molecule has 1 unspecified atom stereocenters. The lowest BCUT2D eigenvalue weighted by atomic mass is 10.1. The molecule has 0 saturated carbocycles. The van der Waals surface area contributed by atoms with E-state index in [1.54, 1.807) is 13.8 Å². The Morgan fingerprint density at radius 2 is 2.15 bits per heavy atom. The van der Waals surface area contributed by atoms with Crippen molar-refractivity contribution in [1.82, 2.24) is 5.32 Å². The largest absolute Gasteiger partial charge is 0.480 e. The first-order valence-corrected chi connectivity index (χ1v) is 6.75. The maximum absolute atomic E-state index is 12.2. The van der Waals surface area contributed by atoms with E-state index in [0.29, 0.717) is 11.3 Å². The molecule has 1 rings (SSSR count).